The lowest BCUT2D eigenvalue weighted by molar-refractivity contribution is 0.0529. The largest absolute Gasteiger partial charge is 0.508 e. The molecule has 2 aromatic carbocycles. The number of thiophene rings is 1. The van der Waals surface area contributed by atoms with Gasteiger partial charge in [-0.3, -0.25) is 0 Å². The number of benzene rings is 2. The maximum absolute atomic E-state index is 12.5. The van der Waals surface area contributed by atoms with Crippen LogP contribution in [0.4, 0.5) is 10.7 Å². The van der Waals surface area contributed by atoms with Crippen molar-refractivity contribution in [1.29, 1.82) is 0 Å². The van der Waals surface area contributed by atoms with E-state index in [-0.39, 0.29) is 11.7 Å². The number of ether oxygens (including phenoxy) is 1. The fourth-order valence-electron chi connectivity index (χ4n) is 2.36. The second-order valence-corrected chi connectivity index (χ2v) is 5.99. The number of carbonyl (C=O) groups is 1. The number of phenols is 1. The molecule has 0 amide bonds. The molecule has 5 heteroatoms. The zero-order valence-electron chi connectivity index (χ0n) is 13.2. The van der Waals surface area contributed by atoms with Crippen LogP contribution < -0.4 is 5.32 Å². The molecule has 3 aromatic rings. The zero-order valence-corrected chi connectivity index (χ0v) is 14.0. The van der Waals surface area contributed by atoms with Crippen molar-refractivity contribution in [2.75, 3.05) is 11.9 Å². The molecule has 0 aliphatic carbocycles. The molecule has 1 aromatic heterocycles. The number of rotatable bonds is 5. The van der Waals surface area contributed by atoms with Gasteiger partial charge in [-0.15, -0.1) is 11.3 Å². The lowest BCUT2D eigenvalue weighted by Gasteiger charge is -2.09. The van der Waals surface area contributed by atoms with Gasteiger partial charge in [-0.1, -0.05) is 30.3 Å². The molecule has 0 saturated heterocycles. The highest BCUT2D eigenvalue weighted by Gasteiger charge is 2.21. The summed E-state index contributed by atoms with van der Waals surface area (Å²) < 4.78 is 5.23. The van der Waals surface area contributed by atoms with Crippen LogP contribution in [0, 0.1) is 0 Å². The highest BCUT2D eigenvalue weighted by Crippen LogP contribution is 2.37. The molecule has 3 rings (SSSR count). The number of hydrogen-bond donors (Lipinski definition) is 2. The van der Waals surface area contributed by atoms with E-state index < -0.39 is 0 Å². The number of hydrogen-bond acceptors (Lipinski definition) is 5. The number of aromatic hydroxyl groups is 1. The first-order valence-corrected chi connectivity index (χ1v) is 8.47. The highest BCUT2D eigenvalue weighted by molar-refractivity contribution is 7.15. The monoisotopic (exact) mass is 339 g/mol. The molecular weight excluding hydrogens is 322 g/mol. The van der Waals surface area contributed by atoms with Crippen molar-refractivity contribution < 1.29 is 14.6 Å². The smallest absolute Gasteiger partial charge is 0.341 e. The summed E-state index contributed by atoms with van der Waals surface area (Å²) in [4.78, 5) is 12.5. The molecule has 0 spiro atoms. The van der Waals surface area contributed by atoms with Crippen LogP contribution in [-0.2, 0) is 4.74 Å². The van der Waals surface area contributed by atoms with Crippen LogP contribution in [0.1, 0.15) is 17.3 Å². The molecule has 0 atom stereocenters. The normalized spacial score (nSPS) is 10.4. The van der Waals surface area contributed by atoms with E-state index in [9.17, 15) is 9.90 Å². The van der Waals surface area contributed by atoms with Crippen LogP contribution in [0.2, 0.25) is 0 Å². The van der Waals surface area contributed by atoms with Crippen molar-refractivity contribution in [3.05, 3.63) is 65.5 Å². The Hall–Kier alpha value is -2.79. The number of esters is 1. The first-order valence-electron chi connectivity index (χ1n) is 7.59. The van der Waals surface area contributed by atoms with Crippen molar-refractivity contribution in [3.8, 4) is 16.9 Å². The SMILES string of the molecule is CCOC(=O)c1c(-c2ccccc2)csc1Nc1ccc(O)cc1. The third-order valence-corrected chi connectivity index (χ3v) is 4.38. The van der Waals surface area contributed by atoms with Crippen molar-refractivity contribution in [3.63, 3.8) is 0 Å². The third-order valence-electron chi connectivity index (χ3n) is 3.48. The summed E-state index contributed by atoms with van der Waals surface area (Å²) in [5.41, 5.74) is 3.14. The van der Waals surface area contributed by atoms with Crippen LogP contribution in [0.15, 0.2) is 60.0 Å². The zero-order chi connectivity index (χ0) is 16.9. The van der Waals surface area contributed by atoms with Crippen LogP contribution in [-0.4, -0.2) is 17.7 Å². The molecular formula is C19H17NO3S. The van der Waals surface area contributed by atoms with Gasteiger partial charge in [0, 0.05) is 16.6 Å². The molecule has 4 nitrogen and oxygen atoms in total. The molecule has 2 N–H and O–H groups in total. The van der Waals surface area contributed by atoms with Crippen LogP contribution in [0.25, 0.3) is 11.1 Å². The Bertz CT molecular complexity index is 826. The fraction of sp³-hybridized carbons (Fsp3) is 0.105. The lowest BCUT2D eigenvalue weighted by atomic mass is 10.0. The Morgan fingerprint density at radius 1 is 1.12 bits per heavy atom. The molecule has 0 bridgehead atoms. The van der Waals surface area contributed by atoms with Crippen molar-refractivity contribution in [2.24, 2.45) is 0 Å². The Kier molecular flexibility index (Phi) is 4.82. The van der Waals surface area contributed by atoms with E-state index in [4.69, 9.17) is 4.74 Å². The minimum absolute atomic E-state index is 0.197. The highest BCUT2D eigenvalue weighted by atomic mass is 32.1. The Balaban J connectivity index is 2.01. The van der Waals surface area contributed by atoms with Crippen molar-refractivity contribution in [2.45, 2.75) is 6.92 Å². The van der Waals surface area contributed by atoms with Gasteiger partial charge in [0.1, 0.15) is 16.3 Å². The van der Waals surface area contributed by atoms with Crippen LogP contribution in [0.3, 0.4) is 0 Å². The summed E-state index contributed by atoms with van der Waals surface area (Å²) in [5, 5.41) is 15.3. The van der Waals surface area contributed by atoms with E-state index in [1.807, 2.05) is 35.7 Å². The summed E-state index contributed by atoms with van der Waals surface area (Å²) in [6.07, 6.45) is 0. The quantitative estimate of drug-likeness (QED) is 0.505. The van der Waals surface area contributed by atoms with Gasteiger partial charge in [0.25, 0.3) is 0 Å². The van der Waals surface area contributed by atoms with Gasteiger partial charge in [-0.25, -0.2) is 4.79 Å². The third kappa shape index (κ3) is 3.41. The summed E-state index contributed by atoms with van der Waals surface area (Å²) in [6.45, 7) is 2.11. The predicted molar refractivity (Wildman–Crippen MR) is 97.1 cm³/mol. The minimum atomic E-state index is -0.348. The summed E-state index contributed by atoms with van der Waals surface area (Å²) in [7, 11) is 0. The molecule has 0 aliphatic heterocycles. The van der Waals surface area contributed by atoms with Gasteiger partial charge in [0.05, 0.1) is 6.61 Å². The summed E-state index contributed by atoms with van der Waals surface area (Å²) >= 11 is 1.45. The van der Waals surface area contributed by atoms with Gasteiger partial charge in [0.15, 0.2) is 0 Å². The van der Waals surface area contributed by atoms with Crippen molar-refractivity contribution in [1.82, 2.24) is 0 Å². The summed E-state index contributed by atoms with van der Waals surface area (Å²) in [5.74, 6) is -0.152. The molecule has 0 radical (unpaired) electrons. The van der Waals surface area contributed by atoms with Crippen LogP contribution in [0.5, 0.6) is 5.75 Å². The maximum Gasteiger partial charge on any atom is 0.341 e. The van der Waals surface area contributed by atoms with Gasteiger partial charge >= 0.3 is 5.97 Å². The topological polar surface area (TPSA) is 58.6 Å². The second-order valence-electron chi connectivity index (χ2n) is 5.11. The lowest BCUT2D eigenvalue weighted by Crippen LogP contribution is -2.07. The molecule has 24 heavy (non-hydrogen) atoms. The Morgan fingerprint density at radius 2 is 1.83 bits per heavy atom. The second kappa shape index (κ2) is 7.19. The van der Waals surface area contributed by atoms with Gasteiger partial charge < -0.3 is 15.2 Å². The number of anilines is 2. The van der Waals surface area contributed by atoms with E-state index in [1.165, 1.54) is 11.3 Å². The van der Waals surface area contributed by atoms with E-state index >= 15 is 0 Å². The average Bonchev–Trinajstić information content (AvgIpc) is 3.01. The first-order chi connectivity index (χ1) is 11.7. The minimum Gasteiger partial charge on any atom is -0.508 e. The maximum atomic E-state index is 12.5. The fourth-order valence-corrected chi connectivity index (χ4v) is 3.34. The number of carbonyl (C=O) groups excluding carboxylic acids is 1. The van der Waals surface area contributed by atoms with Gasteiger partial charge in [-0.05, 0) is 36.8 Å². The molecule has 122 valence electrons. The van der Waals surface area contributed by atoms with E-state index in [2.05, 4.69) is 5.32 Å². The Labute approximate surface area is 144 Å². The number of nitrogens with one attached hydrogen (secondary N) is 1. The molecule has 0 saturated carbocycles. The molecule has 1 heterocycles. The van der Waals surface area contributed by atoms with E-state index in [0.717, 1.165) is 21.8 Å². The molecule has 0 unspecified atom stereocenters. The van der Waals surface area contributed by atoms with Gasteiger partial charge in [-0.2, -0.15) is 0 Å². The molecule has 0 aliphatic rings. The average molecular weight is 339 g/mol. The van der Waals surface area contributed by atoms with Crippen LogP contribution >= 0.6 is 11.3 Å². The first kappa shape index (κ1) is 16.1. The van der Waals surface area contributed by atoms with Gasteiger partial charge in [0.2, 0.25) is 0 Å². The van der Waals surface area contributed by atoms with E-state index in [1.54, 1.807) is 31.2 Å². The molecule has 0 fully saturated rings. The number of phenolic OH excluding ortho intramolecular Hbond substituents is 1. The van der Waals surface area contributed by atoms with E-state index in [0.29, 0.717) is 12.2 Å². The van der Waals surface area contributed by atoms with Crippen molar-refractivity contribution >= 4 is 28.0 Å². The standard InChI is InChI=1S/C19H17NO3S/c1-2-23-19(22)17-16(13-6-4-3-5-7-13)12-24-18(17)20-14-8-10-15(21)11-9-14/h3-12,20-21H,2H2,1H3. The summed E-state index contributed by atoms with van der Waals surface area (Å²) in [6, 6.07) is 16.5. The Morgan fingerprint density at radius 3 is 2.50 bits per heavy atom. The predicted octanol–water partition coefficient (Wildman–Crippen LogP) is 5.04.